The van der Waals surface area contributed by atoms with Crippen molar-refractivity contribution in [2.24, 2.45) is 4.99 Å². The number of nitrogens with zero attached hydrogens (tertiary/aromatic N) is 1. The van der Waals surface area contributed by atoms with E-state index >= 15 is 0 Å². The second-order valence-electron chi connectivity index (χ2n) is 3.82. The van der Waals surface area contributed by atoms with Gasteiger partial charge in [-0.05, 0) is 25.1 Å². The molecule has 1 amide bonds. The minimum Gasteiger partial charge on any atom is -0.491 e. The van der Waals surface area contributed by atoms with Crippen molar-refractivity contribution in [3.8, 4) is 5.75 Å². The topological polar surface area (TPSA) is 80.2 Å². The molecule has 0 saturated carbocycles. The van der Waals surface area contributed by atoms with Crippen LogP contribution >= 0.6 is 0 Å². The highest BCUT2D eigenvalue weighted by atomic mass is 19.1. The van der Waals surface area contributed by atoms with E-state index in [2.05, 4.69) is 4.99 Å². The number of nitrogens with one attached hydrogen (secondary N) is 1. The van der Waals surface area contributed by atoms with Crippen LogP contribution in [0.1, 0.15) is 12.5 Å². The first-order chi connectivity index (χ1) is 9.15. The Labute approximate surface area is 108 Å². The van der Waals surface area contributed by atoms with E-state index in [1.54, 1.807) is 6.92 Å². The smallest absolute Gasteiger partial charge is 0.271 e. The molecule has 19 heavy (non-hydrogen) atoms. The van der Waals surface area contributed by atoms with Gasteiger partial charge in [-0.1, -0.05) is 0 Å². The lowest BCUT2D eigenvalue weighted by molar-refractivity contribution is -0.130. The third-order valence-corrected chi connectivity index (χ3v) is 2.54. The maximum Gasteiger partial charge on any atom is 0.271 e. The summed E-state index contributed by atoms with van der Waals surface area (Å²) in [7, 11) is 0. The van der Waals surface area contributed by atoms with Crippen molar-refractivity contribution in [2.45, 2.75) is 13.0 Å². The number of halogens is 1. The molecule has 1 aromatic rings. The molecule has 2 rings (SSSR count). The summed E-state index contributed by atoms with van der Waals surface area (Å²) >= 11 is 0. The van der Waals surface area contributed by atoms with Gasteiger partial charge in [0.05, 0.1) is 6.61 Å². The van der Waals surface area contributed by atoms with Crippen molar-refractivity contribution >= 4 is 11.8 Å². The van der Waals surface area contributed by atoms with E-state index in [0.717, 1.165) is 0 Å². The summed E-state index contributed by atoms with van der Waals surface area (Å²) in [5, 5.41) is 8.51. The molecule has 102 valence electrons. The lowest BCUT2D eigenvalue weighted by Crippen LogP contribution is -2.31. The Morgan fingerprint density at radius 2 is 2.47 bits per heavy atom. The number of benzene rings is 1. The molecule has 0 bridgehead atoms. The molecule has 7 heteroatoms. The van der Waals surface area contributed by atoms with Gasteiger partial charge in [-0.25, -0.2) is 14.9 Å². The number of hydrogen-bond acceptors (Lipinski definition) is 5. The molecule has 0 spiro atoms. The molecular formula is C12H13FN2O4. The quantitative estimate of drug-likeness (QED) is 0.627. The zero-order valence-corrected chi connectivity index (χ0v) is 10.2. The van der Waals surface area contributed by atoms with E-state index in [0.29, 0.717) is 12.2 Å². The van der Waals surface area contributed by atoms with Gasteiger partial charge in [0.1, 0.15) is 6.61 Å². The molecule has 0 fully saturated rings. The van der Waals surface area contributed by atoms with E-state index in [-0.39, 0.29) is 18.3 Å². The predicted octanol–water partition coefficient (Wildman–Crippen LogP) is 0.875. The summed E-state index contributed by atoms with van der Waals surface area (Å²) in [6, 6.07) is 3.37. The molecule has 1 aliphatic heterocycles. The minimum absolute atomic E-state index is 0.0308. The third kappa shape index (κ3) is 2.82. The van der Waals surface area contributed by atoms with Crippen LogP contribution in [0.15, 0.2) is 23.2 Å². The van der Waals surface area contributed by atoms with E-state index in [1.807, 2.05) is 0 Å². The normalized spacial score (nSPS) is 17.6. The number of hydroxylamine groups is 1. The number of hydrogen-bond donors (Lipinski definition) is 2. The van der Waals surface area contributed by atoms with Crippen LogP contribution in [0.25, 0.3) is 0 Å². The highest BCUT2D eigenvalue weighted by molar-refractivity contribution is 5.98. The SMILES string of the molecule is CCOc1cc(C2=N[C@@H](C(=O)NO)CO2)ccc1F. The second-order valence-corrected chi connectivity index (χ2v) is 3.82. The summed E-state index contributed by atoms with van der Waals surface area (Å²) in [6.07, 6.45) is 0. The third-order valence-electron chi connectivity index (χ3n) is 2.54. The van der Waals surface area contributed by atoms with E-state index in [9.17, 15) is 9.18 Å². The molecule has 1 atom stereocenters. The molecule has 1 aliphatic rings. The summed E-state index contributed by atoms with van der Waals surface area (Å²) < 4.78 is 23.8. The molecule has 1 heterocycles. The maximum absolute atomic E-state index is 13.4. The van der Waals surface area contributed by atoms with Crippen LogP contribution < -0.4 is 10.2 Å². The van der Waals surface area contributed by atoms with Gasteiger partial charge in [-0.3, -0.25) is 10.0 Å². The number of ether oxygens (including phenoxy) is 2. The second kappa shape index (κ2) is 5.66. The molecular weight excluding hydrogens is 255 g/mol. The van der Waals surface area contributed by atoms with Gasteiger partial charge in [0.25, 0.3) is 5.91 Å². The Kier molecular flexibility index (Phi) is 3.96. The lowest BCUT2D eigenvalue weighted by Gasteiger charge is -2.07. The van der Waals surface area contributed by atoms with Crippen LogP contribution in [0.4, 0.5) is 4.39 Å². The van der Waals surface area contributed by atoms with Crippen LogP contribution in [-0.2, 0) is 9.53 Å². The minimum atomic E-state index is -0.805. The molecule has 0 unspecified atom stereocenters. The number of amides is 1. The lowest BCUT2D eigenvalue weighted by atomic mass is 10.2. The van der Waals surface area contributed by atoms with Crippen molar-refractivity contribution < 1.29 is 23.9 Å². The largest absolute Gasteiger partial charge is 0.491 e. The van der Waals surface area contributed by atoms with Gasteiger partial charge in [0.2, 0.25) is 5.90 Å². The van der Waals surface area contributed by atoms with Gasteiger partial charge in [0, 0.05) is 5.56 Å². The van der Waals surface area contributed by atoms with Crippen molar-refractivity contribution in [3.05, 3.63) is 29.6 Å². The molecule has 0 radical (unpaired) electrons. The predicted molar refractivity (Wildman–Crippen MR) is 63.8 cm³/mol. The fraction of sp³-hybridized carbons (Fsp3) is 0.333. The number of rotatable bonds is 4. The number of carbonyl (C=O) groups excluding carboxylic acids is 1. The van der Waals surface area contributed by atoms with Crippen LogP contribution in [0.3, 0.4) is 0 Å². The number of aliphatic imine (C=N–C) groups is 1. The summed E-state index contributed by atoms with van der Waals surface area (Å²) in [4.78, 5) is 15.2. The molecule has 1 aromatic carbocycles. The molecule has 6 nitrogen and oxygen atoms in total. The average molecular weight is 268 g/mol. The Balaban J connectivity index is 2.23. The average Bonchev–Trinajstić information content (AvgIpc) is 2.90. The standard InChI is InChI=1S/C12H13FN2O4/c1-2-18-10-5-7(3-4-8(10)13)12-14-9(6-19-12)11(16)15-17/h3-5,9,17H,2,6H2,1H3,(H,15,16)/t9-/m1/s1. The van der Waals surface area contributed by atoms with E-state index in [4.69, 9.17) is 14.7 Å². The maximum atomic E-state index is 13.4. The highest BCUT2D eigenvalue weighted by Crippen LogP contribution is 2.21. The van der Waals surface area contributed by atoms with Gasteiger partial charge >= 0.3 is 0 Å². The first kappa shape index (κ1) is 13.3. The Hall–Kier alpha value is -2.15. The zero-order chi connectivity index (χ0) is 13.8. The molecule has 2 N–H and O–H groups in total. The van der Waals surface area contributed by atoms with Crippen LogP contribution in [0.5, 0.6) is 5.75 Å². The van der Waals surface area contributed by atoms with E-state index < -0.39 is 17.8 Å². The Morgan fingerprint density at radius 3 is 3.16 bits per heavy atom. The first-order valence-electron chi connectivity index (χ1n) is 5.73. The van der Waals surface area contributed by atoms with Crippen molar-refractivity contribution in [2.75, 3.05) is 13.2 Å². The van der Waals surface area contributed by atoms with Gasteiger partial charge in [-0.2, -0.15) is 0 Å². The van der Waals surface area contributed by atoms with Crippen LogP contribution in [-0.4, -0.2) is 36.3 Å². The highest BCUT2D eigenvalue weighted by Gasteiger charge is 2.26. The van der Waals surface area contributed by atoms with Crippen molar-refractivity contribution in [1.82, 2.24) is 5.48 Å². The molecule has 0 aliphatic carbocycles. The van der Waals surface area contributed by atoms with Crippen LogP contribution in [0, 0.1) is 5.82 Å². The Morgan fingerprint density at radius 1 is 1.68 bits per heavy atom. The molecule has 0 aromatic heterocycles. The molecule has 0 saturated heterocycles. The summed E-state index contributed by atoms with van der Waals surface area (Å²) in [5.41, 5.74) is 2.02. The Bertz CT molecular complexity index is 518. The zero-order valence-electron chi connectivity index (χ0n) is 10.2. The van der Waals surface area contributed by atoms with E-state index in [1.165, 1.54) is 23.7 Å². The monoisotopic (exact) mass is 268 g/mol. The van der Waals surface area contributed by atoms with Gasteiger partial charge in [0.15, 0.2) is 17.6 Å². The van der Waals surface area contributed by atoms with Gasteiger partial charge in [-0.15, -0.1) is 0 Å². The summed E-state index contributed by atoms with van der Waals surface area (Å²) in [5.74, 6) is -0.813. The van der Waals surface area contributed by atoms with Crippen molar-refractivity contribution in [1.29, 1.82) is 0 Å². The fourth-order valence-corrected chi connectivity index (χ4v) is 1.64. The fourth-order valence-electron chi connectivity index (χ4n) is 1.64. The number of carbonyl (C=O) groups is 1. The van der Waals surface area contributed by atoms with Crippen molar-refractivity contribution in [3.63, 3.8) is 0 Å². The van der Waals surface area contributed by atoms with Gasteiger partial charge < -0.3 is 9.47 Å². The van der Waals surface area contributed by atoms with Crippen LogP contribution in [0.2, 0.25) is 0 Å². The summed E-state index contributed by atoms with van der Waals surface area (Å²) in [6.45, 7) is 2.11. The first-order valence-corrected chi connectivity index (χ1v) is 5.73.